The van der Waals surface area contributed by atoms with E-state index in [9.17, 15) is 4.79 Å². The monoisotopic (exact) mass is 356 g/mol. The number of hydrogen-bond acceptors (Lipinski definition) is 4. The molecule has 1 amide bonds. The molecule has 0 spiro atoms. The van der Waals surface area contributed by atoms with Crippen molar-refractivity contribution in [1.82, 2.24) is 15.5 Å². The van der Waals surface area contributed by atoms with Crippen LogP contribution in [0.4, 0.5) is 5.69 Å². The number of piperidine rings is 1. The summed E-state index contributed by atoms with van der Waals surface area (Å²) in [5.74, 6) is 0.155. The summed E-state index contributed by atoms with van der Waals surface area (Å²) in [4.78, 5) is 15.6. The molecule has 0 aromatic heterocycles. The molecule has 0 aliphatic carbocycles. The highest BCUT2D eigenvalue weighted by molar-refractivity contribution is 5.88. The molecule has 3 heterocycles. The lowest BCUT2D eigenvalue weighted by Crippen LogP contribution is -2.62. The van der Waals surface area contributed by atoms with Gasteiger partial charge in [-0.2, -0.15) is 0 Å². The number of amides is 1. The smallest absolute Gasteiger partial charge is 0.243 e. The number of anilines is 1. The fourth-order valence-corrected chi connectivity index (χ4v) is 5.25. The van der Waals surface area contributed by atoms with Gasteiger partial charge in [0.15, 0.2) is 0 Å². The van der Waals surface area contributed by atoms with Crippen molar-refractivity contribution >= 4 is 11.6 Å². The van der Waals surface area contributed by atoms with E-state index < -0.39 is 0 Å². The molecule has 5 heteroatoms. The van der Waals surface area contributed by atoms with E-state index in [1.807, 2.05) is 0 Å². The topological polar surface area (TPSA) is 56.4 Å². The molecule has 2 saturated heterocycles. The molecule has 0 saturated carbocycles. The van der Waals surface area contributed by atoms with E-state index in [4.69, 9.17) is 0 Å². The molecule has 26 heavy (non-hydrogen) atoms. The van der Waals surface area contributed by atoms with Crippen molar-refractivity contribution in [2.75, 3.05) is 25.0 Å². The molecule has 142 valence electrons. The summed E-state index contributed by atoms with van der Waals surface area (Å²) in [6, 6.07) is 6.40. The number of fused-ring (bicyclic) bond motifs is 2. The fraction of sp³-hybridized carbons (Fsp3) is 0.667. The van der Waals surface area contributed by atoms with Crippen molar-refractivity contribution in [3.8, 4) is 0 Å². The number of hydrogen-bond donors (Lipinski definition) is 3. The Kier molecular flexibility index (Phi) is 4.70. The summed E-state index contributed by atoms with van der Waals surface area (Å²) < 4.78 is 0. The van der Waals surface area contributed by atoms with Gasteiger partial charge >= 0.3 is 0 Å². The molecule has 3 aliphatic rings. The van der Waals surface area contributed by atoms with Crippen molar-refractivity contribution in [2.45, 2.75) is 64.7 Å². The lowest BCUT2D eigenvalue weighted by Gasteiger charge is -2.49. The predicted octanol–water partition coefficient (Wildman–Crippen LogP) is 2.26. The molecular weight excluding hydrogens is 324 g/mol. The van der Waals surface area contributed by atoms with Crippen molar-refractivity contribution < 1.29 is 4.79 Å². The first-order valence-electron chi connectivity index (χ1n) is 10.2. The van der Waals surface area contributed by atoms with E-state index in [1.165, 1.54) is 11.1 Å². The zero-order valence-electron chi connectivity index (χ0n) is 16.3. The number of para-hydroxylation sites is 1. The molecule has 2 fully saturated rings. The van der Waals surface area contributed by atoms with E-state index in [-0.39, 0.29) is 23.4 Å². The number of rotatable bonds is 4. The molecule has 3 N–H and O–H groups in total. The first-order valence-corrected chi connectivity index (χ1v) is 10.2. The summed E-state index contributed by atoms with van der Waals surface area (Å²) in [7, 11) is 0. The van der Waals surface area contributed by atoms with Crippen LogP contribution in [0.3, 0.4) is 0 Å². The third-order valence-electron chi connectivity index (χ3n) is 7.12. The second kappa shape index (κ2) is 6.86. The maximum atomic E-state index is 13.1. The van der Waals surface area contributed by atoms with Crippen molar-refractivity contribution in [2.24, 2.45) is 5.41 Å². The van der Waals surface area contributed by atoms with Crippen LogP contribution in [0.2, 0.25) is 0 Å². The first kappa shape index (κ1) is 17.8. The van der Waals surface area contributed by atoms with Gasteiger partial charge in [0.2, 0.25) is 5.91 Å². The van der Waals surface area contributed by atoms with Gasteiger partial charge in [0.1, 0.15) is 6.04 Å². The summed E-state index contributed by atoms with van der Waals surface area (Å²) in [5, 5.41) is 10.5. The minimum atomic E-state index is -0.146. The van der Waals surface area contributed by atoms with Crippen LogP contribution in [-0.2, 0) is 11.2 Å². The number of nitrogens with one attached hydrogen (secondary N) is 3. The molecule has 1 aromatic carbocycles. The largest absolute Gasteiger partial charge is 0.373 e. The highest BCUT2D eigenvalue weighted by atomic mass is 16.2. The quantitative estimate of drug-likeness (QED) is 0.775. The minimum absolute atomic E-state index is 0.146. The normalized spacial score (nSPS) is 29.7. The molecule has 1 aromatic rings. The number of nitrogens with zero attached hydrogens (tertiary/aromatic N) is 1. The number of benzene rings is 1. The highest BCUT2D eigenvalue weighted by Crippen LogP contribution is 2.41. The molecule has 3 atom stereocenters. The Morgan fingerprint density at radius 1 is 1.35 bits per heavy atom. The molecule has 3 aliphatic heterocycles. The highest BCUT2D eigenvalue weighted by Gasteiger charge is 2.47. The number of carbonyl (C=O) groups is 1. The first-order chi connectivity index (χ1) is 12.6. The number of carbonyl (C=O) groups excluding carboxylic acids is 1. The standard InChI is InChI=1S/C21H32N4O/c1-4-21(5-2)12-18-22-9-10-25(18)13-17(21)24-20(26)16-11-15-8-6-7-14(3)19(15)23-16/h6-8,16-18,22-23H,4-5,9-13H2,1-3H3,(H,24,26). The van der Waals surface area contributed by atoms with Gasteiger partial charge in [-0.15, -0.1) is 0 Å². The third kappa shape index (κ3) is 2.91. The van der Waals surface area contributed by atoms with E-state index in [0.29, 0.717) is 6.17 Å². The van der Waals surface area contributed by atoms with E-state index >= 15 is 0 Å². The Balaban J connectivity index is 1.48. The van der Waals surface area contributed by atoms with Gasteiger partial charge in [-0.05, 0) is 42.7 Å². The maximum Gasteiger partial charge on any atom is 0.243 e. The zero-order chi connectivity index (χ0) is 18.3. The maximum absolute atomic E-state index is 13.1. The summed E-state index contributed by atoms with van der Waals surface area (Å²) in [6.07, 6.45) is 4.62. The molecular formula is C21H32N4O. The Bertz CT molecular complexity index is 685. The molecule has 3 unspecified atom stereocenters. The van der Waals surface area contributed by atoms with Gasteiger partial charge < -0.3 is 16.0 Å². The van der Waals surface area contributed by atoms with Crippen molar-refractivity contribution in [3.63, 3.8) is 0 Å². The summed E-state index contributed by atoms with van der Waals surface area (Å²) >= 11 is 0. The van der Waals surface area contributed by atoms with Gasteiger partial charge in [0.25, 0.3) is 0 Å². The second-order valence-electron chi connectivity index (χ2n) is 8.31. The van der Waals surface area contributed by atoms with Gasteiger partial charge in [0, 0.05) is 37.8 Å². The molecule has 4 rings (SSSR count). The van der Waals surface area contributed by atoms with Crippen LogP contribution >= 0.6 is 0 Å². The Morgan fingerprint density at radius 2 is 2.15 bits per heavy atom. The Hall–Kier alpha value is -1.59. The molecule has 0 radical (unpaired) electrons. The van der Waals surface area contributed by atoms with Crippen LogP contribution in [0.15, 0.2) is 18.2 Å². The second-order valence-corrected chi connectivity index (χ2v) is 8.31. The van der Waals surface area contributed by atoms with Crippen LogP contribution in [0.5, 0.6) is 0 Å². The van der Waals surface area contributed by atoms with Crippen LogP contribution < -0.4 is 16.0 Å². The van der Waals surface area contributed by atoms with Crippen LogP contribution in [0.1, 0.15) is 44.2 Å². The lowest BCUT2D eigenvalue weighted by molar-refractivity contribution is -0.124. The van der Waals surface area contributed by atoms with Gasteiger partial charge in [-0.1, -0.05) is 32.0 Å². The van der Waals surface area contributed by atoms with E-state index in [2.05, 4.69) is 59.8 Å². The fourth-order valence-electron chi connectivity index (χ4n) is 5.25. The zero-order valence-corrected chi connectivity index (χ0v) is 16.3. The van der Waals surface area contributed by atoms with Crippen LogP contribution in [-0.4, -0.2) is 48.7 Å². The van der Waals surface area contributed by atoms with Crippen molar-refractivity contribution in [3.05, 3.63) is 29.3 Å². The third-order valence-corrected chi connectivity index (χ3v) is 7.12. The van der Waals surface area contributed by atoms with Crippen LogP contribution in [0, 0.1) is 12.3 Å². The Labute approximate surface area is 156 Å². The predicted molar refractivity (Wildman–Crippen MR) is 105 cm³/mol. The lowest BCUT2D eigenvalue weighted by atomic mass is 9.69. The summed E-state index contributed by atoms with van der Waals surface area (Å²) in [6.45, 7) is 9.78. The van der Waals surface area contributed by atoms with Crippen molar-refractivity contribution in [1.29, 1.82) is 0 Å². The summed E-state index contributed by atoms with van der Waals surface area (Å²) in [5.41, 5.74) is 3.82. The Morgan fingerprint density at radius 3 is 2.88 bits per heavy atom. The van der Waals surface area contributed by atoms with E-state index in [0.717, 1.165) is 51.0 Å². The minimum Gasteiger partial charge on any atom is -0.373 e. The number of aryl methyl sites for hydroxylation is 1. The average Bonchev–Trinajstić information content (AvgIpc) is 3.27. The molecule has 0 bridgehead atoms. The SMILES string of the molecule is CCC1(CC)CC2NCCN2CC1NC(=O)C1Cc2cccc(C)c2N1. The van der Waals surface area contributed by atoms with Gasteiger partial charge in [0.05, 0.1) is 6.17 Å². The van der Waals surface area contributed by atoms with Gasteiger partial charge in [-0.3, -0.25) is 9.69 Å². The molecule has 5 nitrogen and oxygen atoms in total. The van der Waals surface area contributed by atoms with E-state index in [1.54, 1.807) is 0 Å². The average molecular weight is 357 g/mol. The van der Waals surface area contributed by atoms with Crippen LogP contribution in [0.25, 0.3) is 0 Å². The van der Waals surface area contributed by atoms with Gasteiger partial charge in [-0.25, -0.2) is 0 Å².